The first-order valence-electron chi connectivity index (χ1n) is 11.0. The SMILES string of the molecule is COc1ccc(CC(=O)Nc2cccc(-c3ccc4cc(C(C)C)ccc4n3)c2)cc1OC. The zero-order chi connectivity index (χ0) is 23.4. The Morgan fingerprint density at radius 1 is 0.909 bits per heavy atom. The van der Waals surface area contributed by atoms with Gasteiger partial charge in [0.1, 0.15) is 0 Å². The number of methoxy groups -OCH3 is 2. The molecule has 4 aromatic rings. The second-order valence-corrected chi connectivity index (χ2v) is 8.30. The normalized spacial score (nSPS) is 10.9. The fourth-order valence-electron chi connectivity index (χ4n) is 3.80. The van der Waals surface area contributed by atoms with E-state index in [0.717, 1.165) is 33.4 Å². The molecule has 0 saturated carbocycles. The van der Waals surface area contributed by atoms with Crippen LogP contribution in [-0.4, -0.2) is 25.1 Å². The number of benzene rings is 3. The molecule has 0 aliphatic carbocycles. The molecule has 1 heterocycles. The molecule has 168 valence electrons. The van der Waals surface area contributed by atoms with Crippen molar-refractivity contribution in [1.82, 2.24) is 4.98 Å². The third-order valence-corrected chi connectivity index (χ3v) is 5.63. The van der Waals surface area contributed by atoms with Crippen LogP contribution in [0.3, 0.4) is 0 Å². The molecule has 0 fully saturated rings. The second-order valence-electron chi connectivity index (χ2n) is 8.30. The van der Waals surface area contributed by atoms with Crippen molar-refractivity contribution in [2.75, 3.05) is 19.5 Å². The molecule has 1 aromatic heterocycles. The van der Waals surface area contributed by atoms with Gasteiger partial charge < -0.3 is 14.8 Å². The van der Waals surface area contributed by atoms with Gasteiger partial charge in [-0.3, -0.25) is 4.79 Å². The molecule has 33 heavy (non-hydrogen) atoms. The van der Waals surface area contributed by atoms with Gasteiger partial charge in [-0.1, -0.05) is 44.2 Å². The third kappa shape index (κ3) is 5.14. The number of hydrogen-bond acceptors (Lipinski definition) is 4. The number of nitrogens with zero attached hydrogens (tertiary/aromatic N) is 1. The number of carbonyl (C=O) groups excluding carboxylic acids is 1. The average Bonchev–Trinajstić information content (AvgIpc) is 2.83. The Bertz CT molecular complexity index is 1300. The molecule has 1 amide bonds. The molecular weight excluding hydrogens is 412 g/mol. The van der Waals surface area contributed by atoms with Gasteiger partial charge in [-0.25, -0.2) is 4.98 Å². The topological polar surface area (TPSA) is 60.5 Å². The summed E-state index contributed by atoms with van der Waals surface area (Å²) >= 11 is 0. The lowest BCUT2D eigenvalue weighted by Gasteiger charge is -2.11. The highest BCUT2D eigenvalue weighted by Gasteiger charge is 2.10. The minimum absolute atomic E-state index is 0.105. The van der Waals surface area contributed by atoms with Gasteiger partial charge in [0.25, 0.3) is 0 Å². The maximum absolute atomic E-state index is 12.6. The van der Waals surface area contributed by atoms with Gasteiger partial charge in [0.2, 0.25) is 5.91 Å². The lowest BCUT2D eigenvalue weighted by molar-refractivity contribution is -0.115. The van der Waals surface area contributed by atoms with Crippen molar-refractivity contribution in [3.63, 3.8) is 0 Å². The molecule has 0 spiro atoms. The zero-order valence-corrected chi connectivity index (χ0v) is 19.4. The van der Waals surface area contributed by atoms with Crippen molar-refractivity contribution < 1.29 is 14.3 Å². The second kappa shape index (κ2) is 9.74. The van der Waals surface area contributed by atoms with Gasteiger partial charge in [0.15, 0.2) is 11.5 Å². The maximum atomic E-state index is 12.6. The molecule has 1 N–H and O–H groups in total. The van der Waals surface area contributed by atoms with Gasteiger partial charge in [-0.2, -0.15) is 0 Å². The Morgan fingerprint density at radius 2 is 1.73 bits per heavy atom. The number of pyridine rings is 1. The summed E-state index contributed by atoms with van der Waals surface area (Å²) in [4.78, 5) is 17.5. The van der Waals surface area contributed by atoms with Gasteiger partial charge in [-0.15, -0.1) is 0 Å². The molecule has 0 atom stereocenters. The van der Waals surface area contributed by atoms with Crippen LogP contribution in [0.1, 0.15) is 30.9 Å². The van der Waals surface area contributed by atoms with Crippen LogP contribution in [0.25, 0.3) is 22.2 Å². The third-order valence-electron chi connectivity index (χ3n) is 5.63. The van der Waals surface area contributed by atoms with Crippen LogP contribution in [0.15, 0.2) is 72.8 Å². The van der Waals surface area contributed by atoms with E-state index in [1.54, 1.807) is 20.3 Å². The maximum Gasteiger partial charge on any atom is 0.228 e. The smallest absolute Gasteiger partial charge is 0.228 e. The van der Waals surface area contributed by atoms with Crippen molar-refractivity contribution in [1.29, 1.82) is 0 Å². The average molecular weight is 441 g/mol. The highest BCUT2D eigenvalue weighted by molar-refractivity contribution is 5.93. The van der Waals surface area contributed by atoms with Crippen molar-refractivity contribution in [2.45, 2.75) is 26.2 Å². The summed E-state index contributed by atoms with van der Waals surface area (Å²) in [7, 11) is 3.17. The van der Waals surface area contributed by atoms with Crippen molar-refractivity contribution in [3.8, 4) is 22.8 Å². The number of anilines is 1. The lowest BCUT2D eigenvalue weighted by atomic mass is 10.0. The Labute approximate surface area is 194 Å². The van der Waals surface area contributed by atoms with Crippen molar-refractivity contribution >= 4 is 22.5 Å². The van der Waals surface area contributed by atoms with E-state index >= 15 is 0 Å². The van der Waals surface area contributed by atoms with Crippen molar-refractivity contribution in [3.05, 3.63) is 83.9 Å². The molecule has 0 aliphatic rings. The lowest BCUT2D eigenvalue weighted by Crippen LogP contribution is -2.14. The van der Waals surface area contributed by atoms with Crippen LogP contribution >= 0.6 is 0 Å². The molecular formula is C28H28N2O3. The van der Waals surface area contributed by atoms with Crippen molar-refractivity contribution in [2.24, 2.45) is 0 Å². The Hall–Kier alpha value is -3.86. The number of nitrogens with one attached hydrogen (secondary N) is 1. The number of fused-ring (bicyclic) bond motifs is 1. The summed E-state index contributed by atoms with van der Waals surface area (Å²) in [6.07, 6.45) is 0.233. The predicted molar refractivity (Wildman–Crippen MR) is 133 cm³/mol. The van der Waals surface area contributed by atoms with E-state index in [1.807, 2.05) is 42.5 Å². The van der Waals surface area contributed by atoms with Gasteiger partial charge in [-0.05, 0) is 59.5 Å². The predicted octanol–water partition coefficient (Wildman–Crippen LogP) is 6.22. The first-order valence-corrected chi connectivity index (χ1v) is 11.0. The van der Waals surface area contributed by atoms with E-state index in [9.17, 15) is 4.79 Å². The summed E-state index contributed by atoms with van der Waals surface area (Å²) in [5.41, 5.74) is 5.66. The van der Waals surface area contributed by atoms with E-state index in [4.69, 9.17) is 14.5 Å². The largest absolute Gasteiger partial charge is 0.493 e. The fraction of sp³-hybridized carbons (Fsp3) is 0.214. The molecule has 5 heteroatoms. The Morgan fingerprint density at radius 3 is 2.48 bits per heavy atom. The van der Waals surface area contributed by atoms with Crippen LogP contribution in [0, 0.1) is 0 Å². The van der Waals surface area contributed by atoms with E-state index in [2.05, 4.69) is 43.4 Å². The van der Waals surface area contributed by atoms with Crippen LogP contribution in [0.4, 0.5) is 5.69 Å². The Kier molecular flexibility index (Phi) is 6.59. The minimum Gasteiger partial charge on any atom is -0.493 e. The van der Waals surface area contributed by atoms with E-state index in [-0.39, 0.29) is 12.3 Å². The molecule has 0 bridgehead atoms. The number of ether oxygens (including phenoxy) is 2. The van der Waals surface area contributed by atoms with Gasteiger partial charge >= 0.3 is 0 Å². The highest BCUT2D eigenvalue weighted by atomic mass is 16.5. The summed E-state index contributed by atoms with van der Waals surface area (Å²) in [6, 6.07) is 23.8. The summed E-state index contributed by atoms with van der Waals surface area (Å²) in [5, 5.41) is 4.11. The summed E-state index contributed by atoms with van der Waals surface area (Å²) in [6.45, 7) is 4.38. The summed E-state index contributed by atoms with van der Waals surface area (Å²) in [5.74, 6) is 1.62. The van der Waals surface area contributed by atoms with Crippen LogP contribution in [0.2, 0.25) is 0 Å². The number of rotatable bonds is 7. The number of amides is 1. The molecule has 0 aliphatic heterocycles. The quantitative estimate of drug-likeness (QED) is 0.370. The van der Waals surface area contributed by atoms with Crippen LogP contribution in [0.5, 0.6) is 11.5 Å². The molecule has 4 rings (SSSR count). The number of hydrogen-bond donors (Lipinski definition) is 1. The van der Waals surface area contributed by atoms with Gasteiger partial charge in [0.05, 0.1) is 31.9 Å². The van der Waals surface area contributed by atoms with E-state index in [1.165, 1.54) is 5.56 Å². The van der Waals surface area contributed by atoms with E-state index < -0.39 is 0 Å². The first kappa shape index (κ1) is 22.3. The first-order chi connectivity index (χ1) is 16.0. The van der Waals surface area contributed by atoms with Crippen LogP contribution < -0.4 is 14.8 Å². The molecule has 5 nitrogen and oxygen atoms in total. The summed E-state index contributed by atoms with van der Waals surface area (Å²) < 4.78 is 10.6. The monoisotopic (exact) mass is 440 g/mol. The number of aromatic nitrogens is 1. The Balaban J connectivity index is 1.51. The number of carbonyl (C=O) groups is 1. The minimum atomic E-state index is -0.105. The molecule has 0 unspecified atom stereocenters. The van der Waals surface area contributed by atoms with E-state index in [0.29, 0.717) is 17.4 Å². The standard InChI is InChI=1S/C28H28N2O3/c1-18(2)20-9-11-25-22(16-20)10-12-24(30-25)21-6-5-7-23(17-21)29-28(31)15-19-8-13-26(32-3)27(14-19)33-4/h5-14,16-18H,15H2,1-4H3,(H,29,31). The fourth-order valence-corrected chi connectivity index (χ4v) is 3.80. The highest BCUT2D eigenvalue weighted by Crippen LogP contribution is 2.28. The van der Waals surface area contributed by atoms with Gasteiger partial charge in [0, 0.05) is 16.6 Å². The van der Waals surface area contributed by atoms with Crippen LogP contribution in [-0.2, 0) is 11.2 Å². The molecule has 0 radical (unpaired) electrons. The zero-order valence-electron chi connectivity index (χ0n) is 19.4. The molecule has 0 saturated heterocycles. The molecule has 3 aromatic carbocycles.